The zero-order chi connectivity index (χ0) is 15.6. The van der Waals surface area contributed by atoms with Gasteiger partial charge in [-0.05, 0) is 25.3 Å². The third kappa shape index (κ3) is 3.31. The number of rotatable bonds is 4. The first-order valence-corrected chi connectivity index (χ1v) is 6.55. The standard InChI is InChI=1S/C16H17NO4/c1-16(2,9-13(18)19)17-15(21)12-8-7-10-5-3-4-6-11(10)14(12)20/h3-8,20H,9H2,1-2H3,(H,17,21)(H,18,19). The summed E-state index contributed by atoms with van der Waals surface area (Å²) in [7, 11) is 0. The molecular weight excluding hydrogens is 270 g/mol. The molecule has 3 N–H and O–H groups in total. The van der Waals surface area contributed by atoms with Crippen LogP contribution in [0, 0.1) is 0 Å². The van der Waals surface area contributed by atoms with E-state index in [0.29, 0.717) is 5.39 Å². The van der Waals surface area contributed by atoms with Crippen LogP contribution in [0.5, 0.6) is 5.75 Å². The Bertz CT molecular complexity index is 706. The third-order valence-corrected chi connectivity index (χ3v) is 3.19. The summed E-state index contributed by atoms with van der Waals surface area (Å²) in [6, 6.07) is 10.5. The Hall–Kier alpha value is -2.56. The topological polar surface area (TPSA) is 86.6 Å². The van der Waals surface area contributed by atoms with Crippen LogP contribution < -0.4 is 5.32 Å². The Morgan fingerprint density at radius 3 is 2.48 bits per heavy atom. The van der Waals surface area contributed by atoms with Gasteiger partial charge in [-0.25, -0.2) is 0 Å². The second kappa shape index (κ2) is 5.44. The molecule has 2 rings (SSSR count). The molecule has 0 saturated carbocycles. The number of aliphatic carboxylic acids is 1. The molecule has 0 aliphatic rings. The third-order valence-electron chi connectivity index (χ3n) is 3.19. The summed E-state index contributed by atoms with van der Waals surface area (Å²) in [4.78, 5) is 23.0. The zero-order valence-electron chi connectivity index (χ0n) is 11.9. The Kier molecular flexibility index (Phi) is 3.84. The van der Waals surface area contributed by atoms with Crippen LogP contribution in [0.2, 0.25) is 0 Å². The van der Waals surface area contributed by atoms with Gasteiger partial charge in [-0.2, -0.15) is 0 Å². The quantitative estimate of drug-likeness (QED) is 0.806. The number of carbonyl (C=O) groups excluding carboxylic acids is 1. The van der Waals surface area contributed by atoms with Crippen molar-refractivity contribution in [1.82, 2.24) is 5.32 Å². The van der Waals surface area contributed by atoms with Crippen molar-refractivity contribution in [3.8, 4) is 5.75 Å². The molecule has 0 heterocycles. The molecule has 0 aliphatic heterocycles. The van der Waals surface area contributed by atoms with Gasteiger partial charge in [-0.15, -0.1) is 0 Å². The van der Waals surface area contributed by atoms with Gasteiger partial charge in [-0.3, -0.25) is 9.59 Å². The van der Waals surface area contributed by atoms with Gasteiger partial charge < -0.3 is 15.5 Å². The zero-order valence-corrected chi connectivity index (χ0v) is 11.9. The number of phenolic OH excluding ortho intramolecular Hbond substituents is 1. The Labute approximate surface area is 122 Å². The van der Waals surface area contributed by atoms with E-state index in [0.717, 1.165) is 5.39 Å². The predicted octanol–water partition coefficient (Wildman–Crippen LogP) is 2.53. The molecular formula is C16H17NO4. The molecule has 0 radical (unpaired) electrons. The lowest BCUT2D eigenvalue weighted by atomic mass is 9.99. The summed E-state index contributed by atoms with van der Waals surface area (Å²) < 4.78 is 0. The summed E-state index contributed by atoms with van der Waals surface area (Å²) in [5.41, 5.74) is -0.770. The van der Waals surface area contributed by atoms with Gasteiger partial charge >= 0.3 is 5.97 Å². The fourth-order valence-electron chi connectivity index (χ4n) is 2.24. The van der Waals surface area contributed by atoms with E-state index in [9.17, 15) is 14.7 Å². The summed E-state index contributed by atoms with van der Waals surface area (Å²) in [5.74, 6) is -1.59. The first kappa shape index (κ1) is 14.8. The van der Waals surface area contributed by atoms with E-state index in [-0.39, 0.29) is 17.7 Å². The monoisotopic (exact) mass is 287 g/mol. The number of carbonyl (C=O) groups is 2. The van der Waals surface area contributed by atoms with E-state index in [2.05, 4.69) is 5.32 Å². The van der Waals surface area contributed by atoms with E-state index < -0.39 is 17.4 Å². The molecule has 0 atom stereocenters. The molecule has 5 nitrogen and oxygen atoms in total. The van der Waals surface area contributed by atoms with E-state index in [1.165, 1.54) is 6.07 Å². The molecule has 2 aromatic carbocycles. The summed E-state index contributed by atoms with van der Waals surface area (Å²) in [6.07, 6.45) is -0.201. The largest absolute Gasteiger partial charge is 0.506 e. The number of amides is 1. The maximum Gasteiger partial charge on any atom is 0.305 e. The summed E-state index contributed by atoms with van der Waals surface area (Å²) >= 11 is 0. The van der Waals surface area contributed by atoms with Crippen molar-refractivity contribution in [1.29, 1.82) is 0 Å². The van der Waals surface area contributed by atoms with E-state index in [1.807, 2.05) is 12.1 Å². The van der Waals surface area contributed by atoms with Gasteiger partial charge in [0.2, 0.25) is 0 Å². The minimum Gasteiger partial charge on any atom is -0.506 e. The van der Waals surface area contributed by atoms with Gasteiger partial charge in [-0.1, -0.05) is 30.3 Å². The number of carboxylic acids is 1. The minimum absolute atomic E-state index is 0.100. The maximum absolute atomic E-state index is 12.2. The predicted molar refractivity (Wildman–Crippen MR) is 79.4 cm³/mol. The van der Waals surface area contributed by atoms with Crippen molar-refractivity contribution in [3.05, 3.63) is 42.0 Å². The molecule has 0 spiro atoms. The highest BCUT2D eigenvalue weighted by atomic mass is 16.4. The normalized spacial score (nSPS) is 11.3. The van der Waals surface area contributed by atoms with Crippen molar-refractivity contribution in [3.63, 3.8) is 0 Å². The molecule has 110 valence electrons. The van der Waals surface area contributed by atoms with Gasteiger partial charge in [0.05, 0.1) is 12.0 Å². The number of nitrogens with one attached hydrogen (secondary N) is 1. The second-order valence-electron chi connectivity index (χ2n) is 5.59. The molecule has 1 amide bonds. The highest BCUT2D eigenvalue weighted by molar-refractivity contribution is 6.03. The molecule has 0 aromatic heterocycles. The van der Waals surface area contributed by atoms with Crippen LogP contribution in [0.4, 0.5) is 0 Å². The lowest BCUT2D eigenvalue weighted by Gasteiger charge is -2.24. The van der Waals surface area contributed by atoms with Crippen molar-refractivity contribution in [2.45, 2.75) is 25.8 Å². The minimum atomic E-state index is -0.997. The second-order valence-corrected chi connectivity index (χ2v) is 5.59. The number of phenols is 1. The number of hydrogen-bond donors (Lipinski definition) is 3. The van der Waals surface area contributed by atoms with Gasteiger partial charge in [0, 0.05) is 10.9 Å². The van der Waals surface area contributed by atoms with Crippen LogP contribution in [0.15, 0.2) is 36.4 Å². The Morgan fingerprint density at radius 1 is 1.14 bits per heavy atom. The molecule has 0 saturated heterocycles. The first-order chi connectivity index (χ1) is 9.80. The highest BCUT2D eigenvalue weighted by Crippen LogP contribution is 2.28. The van der Waals surface area contributed by atoms with Gasteiger partial charge in [0.15, 0.2) is 0 Å². The average molecular weight is 287 g/mol. The maximum atomic E-state index is 12.2. The fraction of sp³-hybridized carbons (Fsp3) is 0.250. The van der Waals surface area contributed by atoms with Crippen molar-refractivity contribution < 1.29 is 19.8 Å². The number of benzene rings is 2. The van der Waals surface area contributed by atoms with Crippen LogP contribution in [0.25, 0.3) is 10.8 Å². The Balaban J connectivity index is 2.32. The lowest BCUT2D eigenvalue weighted by Crippen LogP contribution is -2.44. The van der Waals surface area contributed by atoms with Crippen molar-refractivity contribution in [2.24, 2.45) is 0 Å². The van der Waals surface area contributed by atoms with Gasteiger partial charge in [0.25, 0.3) is 5.91 Å². The number of carboxylic acid groups (broad SMARTS) is 1. The highest BCUT2D eigenvalue weighted by Gasteiger charge is 2.25. The van der Waals surface area contributed by atoms with Crippen LogP contribution in [0.3, 0.4) is 0 Å². The van der Waals surface area contributed by atoms with Gasteiger partial charge in [0.1, 0.15) is 5.75 Å². The summed E-state index contributed by atoms with van der Waals surface area (Å²) in [5, 5.41) is 23.1. The van der Waals surface area contributed by atoms with Crippen molar-refractivity contribution in [2.75, 3.05) is 0 Å². The molecule has 0 unspecified atom stereocenters. The van der Waals surface area contributed by atoms with Crippen molar-refractivity contribution >= 4 is 22.6 Å². The number of fused-ring (bicyclic) bond motifs is 1. The van der Waals surface area contributed by atoms with Crippen LogP contribution >= 0.6 is 0 Å². The molecule has 2 aromatic rings. The van der Waals surface area contributed by atoms with Crippen LogP contribution in [-0.2, 0) is 4.79 Å². The first-order valence-electron chi connectivity index (χ1n) is 6.55. The Morgan fingerprint density at radius 2 is 1.81 bits per heavy atom. The van der Waals surface area contributed by atoms with E-state index in [1.54, 1.807) is 32.0 Å². The summed E-state index contributed by atoms with van der Waals surface area (Å²) in [6.45, 7) is 3.24. The van der Waals surface area contributed by atoms with Crippen LogP contribution in [-0.4, -0.2) is 27.6 Å². The SMILES string of the molecule is CC(C)(CC(=O)O)NC(=O)c1ccc2ccccc2c1O. The van der Waals surface area contributed by atoms with E-state index in [4.69, 9.17) is 5.11 Å². The fourth-order valence-corrected chi connectivity index (χ4v) is 2.24. The number of aromatic hydroxyl groups is 1. The lowest BCUT2D eigenvalue weighted by molar-refractivity contribution is -0.138. The smallest absolute Gasteiger partial charge is 0.305 e. The molecule has 0 bridgehead atoms. The molecule has 21 heavy (non-hydrogen) atoms. The molecule has 0 fully saturated rings. The van der Waals surface area contributed by atoms with Crippen LogP contribution in [0.1, 0.15) is 30.6 Å². The molecule has 5 heteroatoms. The number of hydrogen-bond acceptors (Lipinski definition) is 3. The average Bonchev–Trinajstić information content (AvgIpc) is 2.37. The van der Waals surface area contributed by atoms with E-state index >= 15 is 0 Å². The molecule has 0 aliphatic carbocycles.